The van der Waals surface area contributed by atoms with E-state index < -0.39 is 17.4 Å². The zero-order valence-electron chi connectivity index (χ0n) is 7.61. The van der Waals surface area contributed by atoms with Crippen molar-refractivity contribution in [3.05, 3.63) is 27.3 Å². The van der Waals surface area contributed by atoms with Crippen LogP contribution in [-0.4, -0.2) is 26.4 Å². The summed E-state index contributed by atoms with van der Waals surface area (Å²) in [5.74, 6) is -1.79. The number of aromatic hydroxyl groups is 1. The highest BCUT2D eigenvalue weighted by Crippen LogP contribution is 2.32. The summed E-state index contributed by atoms with van der Waals surface area (Å²) in [6.45, 7) is 0. The van der Waals surface area contributed by atoms with Crippen molar-refractivity contribution in [2.24, 2.45) is 0 Å². The topological polar surface area (TPSA) is 83.3 Å². The second kappa shape index (κ2) is 3.88. The predicted octanol–water partition coefficient (Wildman–Crippen LogP) is 2.45. The number of hydrogen-bond donors (Lipinski definition) is 2. The van der Waals surface area contributed by atoms with Gasteiger partial charge in [0.15, 0.2) is 5.75 Å². The Balaban J connectivity index is 2.89. The van der Waals surface area contributed by atoms with Gasteiger partial charge in [0.25, 0.3) is 0 Å². The third-order valence-corrected chi connectivity index (χ3v) is 2.71. The molecule has 0 fully saturated rings. The number of aromatic nitrogens is 2. The Hall–Kier alpha value is -1.40. The molecule has 0 bridgehead atoms. The van der Waals surface area contributed by atoms with Crippen molar-refractivity contribution >= 4 is 44.4 Å². The summed E-state index contributed by atoms with van der Waals surface area (Å²) in [5, 5.41) is 26.0. The second-order valence-electron chi connectivity index (χ2n) is 2.99. The molecule has 1 aromatic carbocycles. The fraction of sp³-hybridized carbons (Fsp3) is 0. The van der Waals surface area contributed by atoms with E-state index in [-0.39, 0.29) is 15.9 Å². The summed E-state index contributed by atoms with van der Waals surface area (Å²) < 4.78 is 0.615. The van der Waals surface area contributed by atoms with Gasteiger partial charge in [0.2, 0.25) is 5.69 Å². The Kier molecular flexibility index (Phi) is 2.69. The van der Waals surface area contributed by atoms with E-state index in [1.54, 1.807) is 6.07 Å². The molecule has 2 N–H and O–H groups in total. The summed E-state index contributed by atoms with van der Waals surface area (Å²) in [7, 11) is 0. The molecule has 0 saturated heterocycles. The average molecular weight is 303 g/mol. The number of halogens is 2. The van der Waals surface area contributed by atoms with Gasteiger partial charge in [0.05, 0.1) is 5.02 Å². The van der Waals surface area contributed by atoms with Crippen molar-refractivity contribution in [2.75, 3.05) is 0 Å². The van der Waals surface area contributed by atoms with E-state index >= 15 is 0 Å². The molecule has 0 unspecified atom stereocenters. The van der Waals surface area contributed by atoms with Gasteiger partial charge in [-0.1, -0.05) is 27.5 Å². The minimum absolute atomic E-state index is 0.242. The number of aromatic carboxylic acids is 1. The van der Waals surface area contributed by atoms with Gasteiger partial charge in [-0.25, -0.2) is 4.79 Å². The van der Waals surface area contributed by atoms with Crippen molar-refractivity contribution < 1.29 is 15.0 Å². The van der Waals surface area contributed by atoms with E-state index in [1.807, 2.05) is 0 Å². The van der Waals surface area contributed by atoms with Crippen molar-refractivity contribution in [1.82, 2.24) is 10.2 Å². The van der Waals surface area contributed by atoms with Gasteiger partial charge in [0.1, 0.15) is 5.52 Å². The van der Waals surface area contributed by atoms with Crippen molar-refractivity contribution in [3.63, 3.8) is 0 Å². The number of carboxylic acid groups (broad SMARTS) is 1. The van der Waals surface area contributed by atoms with Gasteiger partial charge in [-0.05, 0) is 12.1 Å². The maximum atomic E-state index is 10.7. The fourth-order valence-corrected chi connectivity index (χ4v) is 2.11. The lowest BCUT2D eigenvalue weighted by molar-refractivity contribution is 0.0686. The van der Waals surface area contributed by atoms with Crippen LogP contribution in [0.3, 0.4) is 0 Å². The lowest BCUT2D eigenvalue weighted by atomic mass is 10.2. The first kappa shape index (κ1) is 11.1. The van der Waals surface area contributed by atoms with Crippen LogP contribution in [0.25, 0.3) is 10.9 Å². The Bertz CT molecular complexity index is 603. The molecular weight excluding hydrogens is 299 g/mol. The molecule has 0 aliphatic carbocycles. The summed E-state index contributed by atoms with van der Waals surface area (Å²) in [5.41, 5.74) is -0.242. The first-order valence-electron chi connectivity index (χ1n) is 4.08. The first-order chi connectivity index (χ1) is 7.50. The molecule has 16 heavy (non-hydrogen) atoms. The smallest absolute Gasteiger partial charge is 0.360 e. The molecule has 0 radical (unpaired) electrons. The summed E-state index contributed by atoms with van der Waals surface area (Å²) in [6.07, 6.45) is 0. The number of carboxylic acids is 1. The molecule has 1 heterocycles. The average Bonchev–Trinajstić information content (AvgIpc) is 2.19. The standard InChI is InChI=1S/C9H4BrClN2O3/c10-3-1-4-6(5(11)2-3)12-13-7(8(4)14)9(15)16/h1-2H,(H,12,14)(H,15,16). The fourth-order valence-electron chi connectivity index (χ4n) is 1.27. The van der Waals surface area contributed by atoms with Crippen LogP contribution in [-0.2, 0) is 0 Å². The zero-order valence-corrected chi connectivity index (χ0v) is 9.95. The van der Waals surface area contributed by atoms with Gasteiger partial charge in [-0.15, -0.1) is 10.2 Å². The monoisotopic (exact) mass is 302 g/mol. The Morgan fingerprint density at radius 3 is 2.69 bits per heavy atom. The highest BCUT2D eigenvalue weighted by molar-refractivity contribution is 9.10. The predicted molar refractivity (Wildman–Crippen MR) is 60.9 cm³/mol. The van der Waals surface area contributed by atoms with Crippen LogP contribution < -0.4 is 0 Å². The number of fused-ring (bicyclic) bond motifs is 1. The third-order valence-electron chi connectivity index (χ3n) is 1.96. The zero-order chi connectivity index (χ0) is 11.9. The number of rotatable bonds is 1. The molecular formula is C9H4BrClN2O3. The molecule has 2 aromatic rings. The lowest BCUT2D eigenvalue weighted by Gasteiger charge is -2.04. The maximum Gasteiger partial charge on any atom is 0.360 e. The van der Waals surface area contributed by atoms with E-state index in [0.717, 1.165) is 0 Å². The minimum Gasteiger partial charge on any atom is -0.505 e. The number of nitrogens with zero attached hydrogens (tertiary/aromatic N) is 2. The summed E-state index contributed by atoms with van der Waals surface area (Å²) >= 11 is 9.06. The van der Waals surface area contributed by atoms with E-state index in [0.29, 0.717) is 4.47 Å². The largest absolute Gasteiger partial charge is 0.505 e. The SMILES string of the molecule is O=C(O)c1nnc2c(Cl)cc(Br)cc2c1O. The van der Waals surface area contributed by atoms with Crippen LogP contribution in [0.15, 0.2) is 16.6 Å². The summed E-state index contributed by atoms with van der Waals surface area (Å²) in [6, 6.07) is 3.11. The number of hydrogen-bond acceptors (Lipinski definition) is 4. The van der Waals surface area contributed by atoms with E-state index in [4.69, 9.17) is 16.7 Å². The van der Waals surface area contributed by atoms with Crippen LogP contribution in [0.1, 0.15) is 10.5 Å². The molecule has 0 spiro atoms. The highest BCUT2D eigenvalue weighted by Gasteiger charge is 2.17. The van der Waals surface area contributed by atoms with Gasteiger partial charge in [-0.3, -0.25) is 0 Å². The Morgan fingerprint density at radius 2 is 2.06 bits per heavy atom. The number of carbonyl (C=O) groups is 1. The molecule has 5 nitrogen and oxygen atoms in total. The van der Waals surface area contributed by atoms with Crippen molar-refractivity contribution in [3.8, 4) is 5.75 Å². The maximum absolute atomic E-state index is 10.7. The van der Waals surface area contributed by atoms with E-state index in [1.165, 1.54) is 6.07 Å². The molecule has 2 rings (SSSR count). The molecule has 1 aromatic heterocycles. The molecule has 82 valence electrons. The van der Waals surface area contributed by atoms with Gasteiger partial charge >= 0.3 is 5.97 Å². The van der Waals surface area contributed by atoms with Crippen LogP contribution >= 0.6 is 27.5 Å². The first-order valence-corrected chi connectivity index (χ1v) is 5.25. The number of benzene rings is 1. The van der Waals surface area contributed by atoms with Crippen LogP contribution in [0.4, 0.5) is 0 Å². The van der Waals surface area contributed by atoms with Crippen LogP contribution in [0.2, 0.25) is 5.02 Å². The molecule has 0 amide bonds. The van der Waals surface area contributed by atoms with Gasteiger partial charge in [0, 0.05) is 9.86 Å². The Labute approximate surface area is 103 Å². The van der Waals surface area contributed by atoms with Crippen molar-refractivity contribution in [1.29, 1.82) is 0 Å². The van der Waals surface area contributed by atoms with Crippen LogP contribution in [0.5, 0.6) is 5.75 Å². The van der Waals surface area contributed by atoms with Crippen molar-refractivity contribution in [2.45, 2.75) is 0 Å². The molecule has 0 atom stereocenters. The second-order valence-corrected chi connectivity index (χ2v) is 4.31. The highest BCUT2D eigenvalue weighted by atomic mass is 79.9. The van der Waals surface area contributed by atoms with E-state index in [9.17, 15) is 9.90 Å². The van der Waals surface area contributed by atoms with Gasteiger partial charge < -0.3 is 10.2 Å². The molecule has 0 saturated carbocycles. The quantitative estimate of drug-likeness (QED) is 0.845. The van der Waals surface area contributed by atoms with Crippen LogP contribution in [0, 0.1) is 0 Å². The lowest BCUT2D eigenvalue weighted by Crippen LogP contribution is -2.03. The normalized spacial score (nSPS) is 10.6. The summed E-state index contributed by atoms with van der Waals surface area (Å²) in [4.78, 5) is 10.7. The third kappa shape index (κ3) is 1.70. The minimum atomic E-state index is -1.34. The van der Waals surface area contributed by atoms with Gasteiger partial charge in [-0.2, -0.15) is 0 Å². The molecule has 7 heteroatoms. The van der Waals surface area contributed by atoms with E-state index in [2.05, 4.69) is 26.1 Å². The Morgan fingerprint density at radius 1 is 1.38 bits per heavy atom. The molecule has 0 aliphatic heterocycles. The molecule has 0 aliphatic rings.